The molecule has 6 nitrogen and oxygen atoms in total. The number of thiazole rings is 1. The highest BCUT2D eigenvalue weighted by Gasteiger charge is 2.27. The van der Waals surface area contributed by atoms with Crippen LogP contribution in [0.1, 0.15) is 18.2 Å². The first kappa shape index (κ1) is 22.0. The van der Waals surface area contributed by atoms with E-state index >= 15 is 0 Å². The fourth-order valence-electron chi connectivity index (χ4n) is 3.28. The molecule has 0 aliphatic carbocycles. The molecule has 0 N–H and O–H groups in total. The largest absolute Gasteiger partial charge is 0.281 e. The van der Waals surface area contributed by atoms with E-state index in [1.807, 2.05) is 25.1 Å². The van der Waals surface area contributed by atoms with Crippen molar-refractivity contribution in [1.29, 1.82) is 0 Å². The van der Waals surface area contributed by atoms with Crippen LogP contribution in [0.3, 0.4) is 0 Å². The number of hydrogen-bond acceptors (Lipinski definition) is 6. The van der Waals surface area contributed by atoms with E-state index in [2.05, 4.69) is 9.97 Å². The van der Waals surface area contributed by atoms with Crippen LogP contribution in [-0.4, -0.2) is 30.0 Å². The maximum atomic E-state index is 13.2. The number of hydrogen-bond donors (Lipinski definition) is 0. The van der Waals surface area contributed by atoms with Crippen molar-refractivity contribution < 1.29 is 17.6 Å². The standard InChI is InChI=1S/C23H20FN3O3S2/c1-2-16-6-5-8-20-22(16)26-23(31-20)27(14-18-7-3-4-13-25-18)21(28)15-32(29,30)19-11-9-17(24)10-12-19/h3-13H,2,14-15H2,1H3. The number of pyridine rings is 1. The minimum atomic E-state index is -3.97. The molecule has 164 valence electrons. The third-order valence-corrected chi connectivity index (χ3v) is 7.60. The lowest BCUT2D eigenvalue weighted by Crippen LogP contribution is -2.35. The number of para-hydroxylation sites is 1. The van der Waals surface area contributed by atoms with Gasteiger partial charge in [-0.25, -0.2) is 17.8 Å². The number of carbonyl (C=O) groups excluding carboxylic acids is 1. The topological polar surface area (TPSA) is 80.2 Å². The number of fused-ring (bicyclic) bond motifs is 1. The van der Waals surface area contributed by atoms with Crippen LogP contribution in [0.15, 0.2) is 71.8 Å². The van der Waals surface area contributed by atoms with Crippen molar-refractivity contribution in [3.8, 4) is 0 Å². The molecule has 0 radical (unpaired) electrons. The first-order valence-corrected chi connectivity index (χ1v) is 12.4. The van der Waals surface area contributed by atoms with Crippen molar-refractivity contribution in [1.82, 2.24) is 9.97 Å². The molecule has 2 heterocycles. The maximum absolute atomic E-state index is 13.2. The highest BCUT2D eigenvalue weighted by atomic mass is 32.2. The summed E-state index contributed by atoms with van der Waals surface area (Å²) in [6.45, 7) is 2.11. The zero-order chi connectivity index (χ0) is 22.7. The molecule has 0 unspecified atom stereocenters. The minimum Gasteiger partial charge on any atom is -0.281 e. The summed E-state index contributed by atoms with van der Waals surface area (Å²) < 4.78 is 39.7. The number of rotatable bonds is 7. The molecule has 4 aromatic rings. The van der Waals surface area contributed by atoms with Gasteiger partial charge in [0.1, 0.15) is 11.6 Å². The molecule has 1 amide bonds. The summed E-state index contributed by atoms with van der Waals surface area (Å²) in [5.74, 6) is -1.94. The molecular weight excluding hydrogens is 449 g/mol. The average molecular weight is 470 g/mol. The van der Waals surface area contributed by atoms with E-state index in [0.29, 0.717) is 10.8 Å². The Hall–Kier alpha value is -3.17. The molecule has 0 aliphatic heterocycles. The summed E-state index contributed by atoms with van der Waals surface area (Å²) in [6, 6.07) is 15.6. The Morgan fingerprint density at radius 1 is 1.06 bits per heavy atom. The summed E-state index contributed by atoms with van der Waals surface area (Å²) in [7, 11) is -3.97. The monoisotopic (exact) mass is 469 g/mol. The Bertz CT molecular complexity index is 1350. The summed E-state index contributed by atoms with van der Waals surface area (Å²) in [5.41, 5.74) is 2.46. The molecule has 2 aromatic heterocycles. The molecular formula is C23H20FN3O3S2. The summed E-state index contributed by atoms with van der Waals surface area (Å²) in [5, 5.41) is 0.408. The van der Waals surface area contributed by atoms with Gasteiger partial charge < -0.3 is 0 Å². The van der Waals surface area contributed by atoms with Gasteiger partial charge >= 0.3 is 0 Å². The van der Waals surface area contributed by atoms with E-state index in [1.165, 1.54) is 16.2 Å². The SMILES string of the molecule is CCc1cccc2sc(N(Cc3ccccn3)C(=O)CS(=O)(=O)c3ccc(F)cc3)nc12. The van der Waals surface area contributed by atoms with Crippen molar-refractivity contribution in [3.63, 3.8) is 0 Å². The molecule has 2 aromatic carbocycles. The van der Waals surface area contributed by atoms with Gasteiger partial charge in [-0.05, 0) is 54.4 Å². The Balaban J connectivity index is 1.71. The number of halogens is 1. The normalized spacial score (nSPS) is 11.6. The molecule has 32 heavy (non-hydrogen) atoms. The summed E-state index contributed by atoms with van der Waals surface area (Å²) >= 11 is 1.33. The fourth-order valence-corrected chi connectivity index (χ4v) is 5.51. The minimum absolute atomic E-state index is 0.0832. The van der Waals surface area contributed by atoms with Crippen molar-refractivity contribution in [2.75, 3.05) is 10.7 Å². The third-order valence-electron chi connectivity index (χ3n) is 4.94. The van der Waals surface area contributed by atoms with E-state index in [0.717, 1.165) is 46.5 Å². The molecule has 0 aliphatic rings. The lowest BCUT2D eigenvalue weighted by atomic mass is 10.1. The molecule has 0 saturated heterocycles. The lowest BCUT2D eigenvalue weighted by molar-refractivity contribution is -0.116. The van der Waals surface area contributed by atoms with Crippen LogP contribution < -0.4 is 4.90 Å². The second-order valence-electron chi connectivity index (χ2n) is 7.13. The van der Waals surface area contributed by atoms with Crippen LogP contribution in [0.25, 0.3) is 10.2 Å². The predicted octanol–water partition coefficient (Wildman–Crippen LogP) is 4.40. The maximum Gasteiger partial charge on any atom is 0.244 e. The lowest BCUT2D eigenvalue weighted by Gasteiger charge is -2.19. The van der Waals surface area contributed by atoms with Crippen LogP contribution in [0.5, 0.6) is 0 Å². The number of aromatic nitrogens is 2. The van der Waals surface area contributed by atoms with Crippen molar-refractivity contribution in [2.24, 2.45) is 0 Å². The van der Waals surface area contributed by atoms with Gasteiger partial charge in [-0.2, -0.15) is 0 Å². The highest BCUT2D eigenvalue weighted by molar-refractivity contribution is 7.92. The van der Waals surface area contributed by atoms with E-state index < -0.39 is 27.3 Å². The second kappa shape index (κ2) is 9.13. The third kappa shape index (κ3) is 4.68. The van der Waals surface area contributed by atoms with Gasteiger partial charge in [-0.3, -0.25) is 14.7 Å². The van der Waals surface area contributed by atoms with Crippen LogP contribution in [0.4, 0.5) is 9.52 Å². The summed E-state index contributed by atoms with van der Waals surface area (Å²) in [4.78, 5) is 23.4. The van der Waals surface area contributed by atoms with Crippen molar-refractivity contribution >= 4 is 42.4 Å². The van der Waals surface area contributed by atoms with Crippen molar-refractivity contribution in [2.45, 2.75) is 24.8 Å². The van der Waals surface area contributed by atoms with Crippen LogP contribution in [0, 0.1) is 5.82 Å². The molecule has 9 heteroatoms. The predicted molar refractivity (Wildman–Crippen MR) is 123 cm³/mol. The molecule has 0 spiro atoms. The zero-order valence-corrected chi connectivity index (χ0v) is 18.9. The summed E-state index contributed by atoms with van der Waals surface area (Å²) in [6.07, 6.45) is 2.40. The first-order valence-electron chi connectivity index (χ1n) is 9.94. The average Bonchev–Trinajstić information content (AvgIpc) is 3.22. The number of benzene rings is 2. The first-order chi connectivity index (χ1) is 15.4. The van der Waals surface area contributed by atoms with Crippen molar-refractivity contribution in [3.05, 3.63) is 83.9 Å². The fraction of sp³-hybridized carbons (Fsp3) is 0.174. The van der Waals surface area contributed by atoms with Gasteiger partial charge in [-0.15, -0.1) is 0 Å². The smallest absolute Gasteiger partial charge is 0.244 e. The Kier molecular flexibility index (Phi) is 6.29. The van der Waals surface area contributed by atoms with E-state index in [-0.39, 0.29) is 11.4 Å². The second-order valence-corrected chi connectivity index (χ2v) is 10.1. The van der Waals surface area contributed by atoms with Gasteiger partial charge in [0.25, 0.3) is 0 Å². The molecule has 0 atom stereocenters. The zero-order valence-electron chi connectivity index (χ0n) is 17.2. The number of nitrogens with zero attached hydrogens (tertiary/aromatic N) is 3. The highest BCUT2D eigenvalue weighted by Crippen LogP contribution is 2.32. The van der Waals surface area contributed by atoms with E-state index in [4.69, 9.17) is 0 Å². The van der Waals surface area contributed by atoms with E-state index in [1.54, 1.807) is 24.4 Å². The number of carbonyl (C=O) groups is 1. The van der Waals surface area contributed by atoms with E-state index in [9.17, 15) is 17.6 Å². The quantitative estimate of drug-likeness (QED) is 0.375. The number of sulfone groups is 1. The molecule has 4 rings (SSSR count). The van der Waals surface area contributed by atoms with Crippen LogP contribution >= 0.6 is 11.3 Å². The molecule has 0 saturated carbocycles. The van der Waals surface area contributed by atoms with Crippen LogP contribution in [0.2, 0.25) is 0 Å². The van der Waals surface area contributed by atoms with Gasteiger partial charge in [0.15, 0.2) is 15.0 Å². The number of anilines is 1. The number of aryl methyl sites for hydroxylation is 1. The van der Waals surface area contributed by atoms with Gasteiger partial charge in [-0.1, -0.05) is 36.5 Å². The Morgan fingerprint density at radius 2 is 1.84 bits per heavy atom. The molecule has 0 fully saturated rings. The molecule has 0 bridgehead atoms. The number of amides is 1. The Labute approximate surface area is 189 Å². The Morgan fingerprint density at radius 3 is 2.53 bits per heavy atom. The van der Waals surface area contributed by atoms with Gasteiger partial charge in [0.05, 0.1) is 27.4 Å². The van der Waals surface area contributed by atoms with Gasteiger partial charge in [0.2, 0.25) is 5.91 Å². The van der Waals surface area contributed by atoms with Crippen LogP contribution in [-0.2, 0) is 27.6 Å². The van der Waals surface area contributed by atoms with Gasteiger partial charge in [0, 0.05) is 6.20 Å².